The van der Waals surface area contributed by atoms with Gasteiger partial charge in [-0.2, -0.15) is 0 Å². The first-order chi connectivity index (χ1) is 9.15. The van der Waals surface area contributed by atoms with Crippen LogP contribution in [-0.2, 0) is 9.53 Å². The Bertz CT molecular complexity index is 438. The van der Waals surface area contributed by atoms with Crippen molar-refractivity contribution in [2.24, 2.45) is 0 Å². The molecular formula is C14H18FNO3. The maximum atomic E-state index is 12.9. The van der Waals surface area contributed by atoms with E-state index < -0.39 is 0 Å². The Balaban J connectivity index is 1.74. The van der Waals surface area contributed by atoms with Crippen LogP contribution in [0.5, 0.6) is 5.75 Å². The van der Waals surface area contributed by atoms with Crippen molar-refractivity contribution >= 4 is 5.91 Å². The Kier molecular flexibility index (Phi) is 4.74. The predicted molar refractivity (Wildman–Crippen MR) is 68.5 cm³/mol. The zero-order valence-corrected chi connectivity index (χ0v) is 11.0. The molecule has 1 aliphatic heterocycles. The normalized spacial score (nSPS) is 19.3. The largest absolute Gasteiger partial charge is 0.493 e. The van der Waals surface area contributed by atoms with E-state index in [1.807, 2.05) is 6.92 Å². The van der Waals surface area contributed by atoms with Crippen molar-refractivity contribution in [1.82, 2.24) is 4.90 Å². The third-order valence-electron chi connectivity index (χ3n) is 2.97. The topological polar surface area (TPSA) is 38.8 Å². The minimum atomic E-state index is -0.342. The molecule has 0 radical (unpaired) electrons. The second kappa shape index (κ2) is 6.52. The molecule has 2 rings (SSSR count). The zero-order valence-electron chi connectivity index (χ0n) is 11.0. The van der Waals surface area contributed by atoms with Gasteiger partial charge in [-0.1, -0.05) is 6.07 Å². The number of morpholine rings is 1. The molecule has 4 nitrogen and oxygen atoms in total. The molecule has 104 valence electrons. The maximum absolute atomic E-state index is 12.9. The van der Waals surface area contributed by atoms with E-state index in [0.29, 0.717) is 31.9 Å². The van der Waals surface area contributed by atoms with E-state index in [1.165, 1.54) is 12.1 Å². The summed E-state index contributed by atoms with van der Waals surface area (Å²) >= 11 is 0. The quantitative estimate of drug-likeness (QED) is 0.835. The van der Waals surface area contributed by atoms with Crippen molar-refractivity contribution in [3.63, 3.8) is 0 Å². The SMILES string of the molecule is C[C@@H]1CN(C(=O)CCOc2cccc(F)c2)CCO1. The smallest absolute Gasteiger partial charge is 0.226 e. The van der Waals surface area contributed by atoms with Crippen LogP contribution in [0.3, 0.4) is 0 Å². The fourth-order valence-corrected chi connectivity index (χ4v) is 2.02. The summed E-state index contributed by atoms with van der Waals surface area (Å²) in [7, 11) is 0. The third kappa shape index (κ3) is 4.21. The number of rotatable bonds is 4. The number of amides is 1. The molecule has 5 heteroatoms. The highest BCUT2D eigenvalue weighted by atomic mass is 19.1. The van der Waals surface area contributed by atoms with Gasteiger partial charge in [0.1, 0.15) is 11.6 Å². The van der Waals surface area contributed by atoms with Crippen LogP contribution in [0.4, 0.5) is 4.39 Å². The summed E-state index contributed by atoms with van der Waals surface area (Å²) in [5.41, 5.74) is 0. The first kappa shape index (κ1) is 13.8. The number of benzene rings is 1. The van der Waals surface area contributed by atoms with Crippen molar-refractivity contribution in [2.75, 3.05) is 26.3 Å². The van der Waals surface area contributed by atoms with Gasteiger partial charge in [-0.15, -0.1) is 0 Å². The van der Waals surface area contributed by atoms with Gasteiger partial charge in [0.15, 0.2) is 0 Å². The molecule has 1 heterocycles. The number of carbonyl (C=O) groups excluding carboxylic acids is 1. The standard InChI is InChI=1S/C14H18FNO3/c1-11-10-16(6-8-18-11)14(17)5-7-19-13-4-2-3-12(15)9-13/h2-4,9,11H,5-8,10H2,1H3/t11-/m1/s1. The van der Waals surface area contributed by atoms with Crippen LogP contribution >= 0.6 is 0 Å². The lowest BCUT2D eigenvalue weighted by Gasteiger charge is -2.31. The number of carbonyl (C=O) groups is 1. The summed E-state index contributed by atoms with van der Waals surface area (Å²) in [6.07, 6.45) is 0.380. The Morgan fingerprint density at radius 2 is 2.42 bits per heavy atom. The minimum Gasteiger partial charge on any atom is -0.493 e. The highest BCUT2D eigenvalue weighted by molar-refractivity contribution is 5.76. The van der Waals surface area contributed by atoms with E-state index in [-0.39, 0.29) is 24.4 Å². The van der Waals surface area contributed by atoms with E-state index in [9.17, 15) is 9.18 Å². The van der Waals surface area contributed by atoms with Gasteiger partial charge < -0.3 is 14.4 Å². The molecule has 1 saturated heterocycles. The van der Waals surface area contributed by atoms with Gasteiger partial charge in [-0.3, -0.25) is 4.79 Å². The number of halogens is 1. The molecular weight excluding hydrogens is 249 g/mol. The van der Waals surface area contributed by atoms with E-state index in [1.54, 1.807) is 17.0 Å². The summed E-state index contributed by atoms with van der Waals surface area (Å²) in [5, 5.41) is 0. The fraction of sp³-hybridized carbons (Fsp3) is 0.500. The van der Waals surface area contributed by atoms with E-state index in [2.05, 4.69) is 0 Å². The third-order valence-corrected chi connectivity index (χ3v) is 2.97. The molecule has 1 aromatic rings. The van der Waals surface area contributed by atoms with Crippen LogP contribution in [-0.4, -0.2) is 43.2 Å². The first-order valence-electron chi connectivity index (χ1n) is 6.43. The molecule has 19 heavy (non-hydrogen) atoms. The fourth-order valence-electron chi connectivity index (χ4n) is 2.02. The van der Waals surface area contributed by atoms with Crippen LogP contribution in [0, 0.1) is 5.82 Å². The molecule has 1 aliphatic rings. The Hall–Kier alpha value is -1.62. The van der Waals surface area contributed by atoms with Gasteiger partial charge in [0, 0.05) is 19.2 Å². The Morgan fingerprint density at radius 1 is 1.58 bits per heavy atom. The van der Waals surface area contributed by atoms with Crippen molar-refractivity contribution < 1.29 is 18.7 Å². The van der Waals surface area contributed by atoms with Gasteiger partial charge in [-0.25, -0.2) is 4.39 Å². The van der Waals surface area contributed by atoms with Crippen LogP contribution in [0.2, 0.25) is 0 Å². The molecule has 0 unspecified atom stereocenters. The number of hydrogen-bond acceptors (Lipinski definition) is 3. The van der Waals surface area contributed by atoms with E-state index in [0.717, 1.165) is 0 Å². The summed E-state index contributed by atoms with van der Waals surface area (Å²) in [6.45, 7) is 4.04. The molecule has 1 fully saturated rings. The molecule has 1 atom stereocenters. The second-order valence-electron chi connectivity index (χ2n) is 4.58. The average molecular weight is 267 g/mol. The van der Waals surface area contributed by atoms with Crippen molar-refractivity contribution in [3.8, 4) is 5.75 Å². The predicted octanol–water partition coefficient (Wildman–Crippen LogP) is 1.84. The van der Waals surface area contributed by atoms with Gasteiger partial charge in [0.25, 0.3) is 0 Å². The highest BCUT2D eigenvalue weighted by Gasteiger charge is 2.20. The van der Waals surface area contributed by atoms with Crippen LogP contribution in [0.15, 0.2) is 24.3 Å². The summed E-state index contributed by atoms with van der Waals surface area (Å²) in [6, 6.07) is 5.91. The summed E-state index contributed by atoms with van der Waals surface area (Å²) in [4.78, 5) is 13.7. The number of nitrogens with zero attached hydrogens (tertiary/aromatic N) is 1. The second-order valence-corrected chi connectivity index (χ2v) is 4.58. The lowest BCUT2D eigenvalue weighted by molar-refractivity contribution is -0.138. The summed E-state index contributed by atoms with van der Waals surface area (Å²) < 4.78 is 23.7. The molecule has 0 aromatic heterocycles. The van der Waals surface area contributed by atoms with E-state index >= 15 is 0 Å². The van der Waals surface area contributed by atoms with Crippen molar-refractivity contribution in [1.29, 1.82) is 0 Å². The molecule has 0 spiro atoms. The molecule has 1 aromatic carbocycles. The average Bonchev–Trinajstić information content (AvgIpc) is 2.38. The number of ether oxygens (including phenoxy) is 2. The van der Waals surface area contributed by atoms with Crippen LogP contribution < -0.4 is 4.74 Å². The molecule has 0 bridgehead atoms. The molecule has 0 saturated carbocycles. The van der Waals surface area contributed by atoms with Gasteiger partial charge in [0.05, 0.1) is 25.7 Å². The minimum absolute atomic E-state index is 0.0477. The first-order valence-corrected chi connectivity index (χ1v) is 6.43. The van der Waals surface area contributed by atoms with Crippen molar-refractivity contribution in [2.45, 2.75) is 19.4 Å². The monoisotopic (exact) mass is 267 g/mol. The summed E-state index contributed by atoms with van der Waals surface area (Å²) in [5.74, 6) is 0.153. The lowest BCUT2D eigenvalue weighted by atomic mass is 10.2. The van der Waals surface area contributed by atoms with Gasteiger partial charge in [0.2, 0.25) is 5.91 Å². The van der Waals surface area contributed by atoms with Crippen LogP contribution in [0.1, 0.15) is 13.3 Å². The maximum Gasteiger partial charge on any atom is 0.226 e. The molecule has 1 amide bonds. The molecule has 0 aliphatic carbocycles. The molecule has 0 N–H and O–H groups in total. The van der Waals surface area contributed by atoms with E-state index in [4.69, 9.17) is 9.47 Å². The van der Waals surface area contributed by atoms with Crippen LogP contribution in [0.25, 0.3) is 0 Å². The van der Waals surface area contributed by atoms with Gasteiger partial charge >= 0.3 is 0 Å². The Morgan fingerprint density at radius 3 is 3.16 bits per heavy atom. The van der Waals surface area contributed by atoms with Gasteiger partial charge in [-0.05, 0) is 19.1 Å². The lowest BCUT2D eigenvalue weighted by Crippen LogP contribution is -2.44. The Labute approximate surface area is 112 Å². The highest BCUT2D eigenvalue weighted by Crippen LogP contribution is 2.12. The number of hydrogen-bond donors (Lipinski definition) is 0. The zero-order chi connectivity index (χ0) is 13.7. The van der Waals surface area contributed by atoms with Crippen molar-refractivity contribution in [3.05, 3.63) is 30.1 Å².